The fraction of sp³-hybridized carbons (Fsp3) is 0.182. The molecule has 1 aliphatic rings. The van der Waals surface area contributed by atoms with Gasteiger partial charge in [-0.05, 0) is 23.8 Å². The highest BCUT2D eigenvalue weighted by atomic mass is 35.5. The molecular formula is C22H18ClNO2. The summed E-state index contributed by atoms with van der Waals surface area (Å²) in [6, 6.07) is 23.1. The van der Waals surface area contributed by atoms with Crippen molar-refractivity contribution in [2.24, 2.45) is 0 Å². The maximum Gasteiger partial charge on any atom is 0.143 e. The summed E-state index contributed by atoms with van der Waals surface area (Å²) in [7, 11) is 0. The number of aromatic nitrogens is 1. The number of nitrogens with zero attached hydrogens (tertiary/aromatic N) is 1. The second-order valence-corrected chi connectivity index (χ2v) is 6.83. The van der Waals surface area contributed by atoms with Crippen molar-refractivity contribution < 1.29 is 9.47 Å². The Morgan fingerprint density at radius 2 is 1.85 bits per heavy atom. The number of hydrogen-bond donors (Lipinski definition) is 0. The van der Waals surface area contributed by atoms with Gasteiger partial charge in [-0.1, -0.05) is 48.5 Å². The highest BCUT2D eigenvalue weighted by Gasteiger charge is 2.28. The highest BCUT2D eigenvalue weighted by Crippen LogP contribution is 2.44. The molecule has 0 amide bonds. The number of para-hydroxylation sites is 1. The van der Waals surface area contributed by atoms with Crippen LogP contribution in [0.1, 0.15) is 11.6 Å². The van der Waals surface area contributed by atoms with Gasteiger partial charge in [-0.25, -0.2) is 0 Å². The molecule has 4 aromatic rings. The van der Waals surface area contributed by atoms with Crippen LogP contribution >= 0.6 is 11.6 Å². The lowest BCUT2D eigenvalue weighted by atomic mass is 10.1. The average Bonchev–Trinajstić information content (AvgIpc) is 3.05. The summed E-state index contributed by atoms with van der Waals surface area (Å²) in [6.45, 7) is 1.11. The monoisotopic (exact) mass is 363 g/mol. The Hall–Kier alpha value is -2.65. The number of benzene rings is 3. The van der Waals surface area contributed by atoms with Crippen molar-refractivity contribution >= 4 is 33.4 Å². The highest BCUT2D eigenvalue weighted by molar-refractivity contribution is 6.18. The summed E-state index contributed by atoms with van der Waals surface area (Å²) in [6.07, 6.45) is 0. The van der Waals surface area contributed by atoms with E-state index in [1.165, 1.54) is 5.56 Å². The van der Waals surface area contributed by atoms with Crippen molar-refractivity contribution in [1.29, 1.82) is 0 Å². The van der Waals surface area contributed by atoms with Crippen LogP contribution in [0.2, 0.25) is 0 Å². The molecule has 0 radical (unpaired) electrons. The van der Waals surface area contributed by atoms with Gasteiger partial charge in [0, 0.05) is 10.8 Å². The zero-order valence-corrected chi connectivity index (χ0v) is 14.9. The molecule has 0 aliphatic carbocycles. The standard InChI is InChI=1S/C22H18ClNO2/c23-12-13-25-19-10-5-9-17-21(19)16-8-4-11-20-22(16)24(17)18(14-26-20)15-6-2-1-3-7-15/h1-11,18H,12-14H2/t18-/m0/s1. The van der Waals surface area contributed by atoms with E-state index in [1.54, 1.807) is 0 Å². The van der Waals surface area contributed by atoms with Crippen LogP contribution in [-0.2, 0) is 0 Å². The Morgan fingerprint density at radius 1 is 1.00 bits per heavy atom. The fourth-order valence-corrected chi connectivity index (χ4v) is 4.03. The predicted molar refractivity (Wildman–Crippen MR) is 106 cm³/mol. The number of hydrogen-bond acceptors (Lipinski definition) is 2. The molecule has 3 nitrogen and oxygen atoms in total. The molecule has 0 bridgehead atoms. The van der Waals surface area contributed by atoms with E-state index in [9.17, 15) is 0 Å². The molecule has 1 atom stereocenters. The summed E-state index contributed by atoms with van der Waals surface area (Å²) in [5.74, 6) is 2.27. The van der Waals surface area contributed by atoms with E-state index in [-0.39, 0.29) is 6.04 Å². The minimum Gasteiger partial charge on any atom is -0.492 e. The van der Waals surface area contributed by atoms with Gasteiger partial charge in [0.15, 0.2) is 0 Å². The molecule has 2 heterocycles. The van der Waals surface area contributed by atoms with Gasteiger partial charge in [-0.2, -0.15) is 0 Å². The molecule has 0 saturated carbocycles. The first kappa shape index (κ1) is 15.6. The van der Waals surface area contributed by atoms with Gasteiger partial charge >= 0.3 is 0 Å². The molecule has 3 aromatic carbocycles. The van der Waals surface area contributed by atoms with Crippen molar-refractivity contribution in [2.45, 2.75) is 6.04 Å². The van der Waals surface area contributed by atoms with Crippen LogP contribution in [0.5, 0.6) is 11.5 Å². The number of rotatable bonds is 4. The SMILES string of the molecule is ClCCOc1cccc2c1c1cccc3c1n2[C@H](c1ccccc1)CO3. The van der Waals surface area contributed by atoms with Crippen molar-refractivity contribution in [2.75, 3.05) is 19.1 Å². The molecule has 26 heavy (non-hydrogen) atoms. The largest absolute Gasteiger partial charge is 0.492 e. The normalized spacial score (nSPS) is 16.0. The van der Waals surface area contributed by atoms with Crippen LogP contribution < -0.4 is 9.47 Å². The minimum atomic E-state index is 0.134. The second kappa shape index (κ2) is 6.26. The Bertz CT molecular complexity index is 1090. The van der Waals surface area contributed by atoms with E-state index >= 15 is 0 Å². The third-order valence-electron chi connectivity index (χ3n) is 5.00. The topological polar surface area (TPSA) is 23.4 Å². The summed E-state index contributed by atoms with van der Waals surface area (Å²) < 4.78 is 14.5. The van der Waals surface area contributed by atoms with Crippen LogP contribution in [0.15, 0.2) is 66.7 Å². The number of fused-ring (bicyclic) bond motifs is 3. The van der Waals surface area contributed by atoms with E-state index in [0.29, 0.717) is 19.1 Å². The molecule has 0 spiro atoms. The van der Waals surface area contributed by atoms with Crippen LogP contribution in [-0.4, -0.2) is 23.7 Å². The Morgan fingerprint density at radius 3 is 2.69 bits per heavy atom. The molecule has 1 aliphatic heterocycles. The number of alkyl halides is 1. The van der Waals surface area contributed by atoms with E-state index in [2.05, 4.69) is 41.0 Å². The third kappa shape index (κ3) is 2.27. The summed E-state index contributed by atoms with van der Waals surface area (Å²) >= 11 is 5.84. The summed E-state index contributed by atoms with van der Waals surface area (Å²) in [4.78, 5) is 0. The lowest BCUT2D eigenvalue weighted by molar-refractivity contribution is 0.262. The summed E-state index contributed by atoms with van der Waals surface area (Å²) in [5.41, 5.74) is 3.54. The lowest BCUT2D eigenvalue weighted by Crippen LogP contribution is -2.22. The van der Waals surface area contributed by atoms with Crippen molar-refractivity contribution in [3.63, 3.8) is 0 Å². The van der Waals surface area contributed by atoms with Gasteiger partial charge in [0.05, 0.1) is 23.0 Å². The predicted octanol–water partition coefficient (Wildman–Crippen LogP) is 5.39. The average molecular weight is 364 g/mol. The first-order valence-electron chi connectivity index (χ1n) is 8.80. The van der Waals surface area contributed by atoms with Crippen LogP contribution in [0.4, 0.5) is 0 Å². The van der Waals surface area contributed by atoms with E-state index in [0.717, 1.165) is 33.3 Å². The molecule has 0 N–H and O–H groups in total. The van der Waals surface area contributed by atoms with Gasteiger partial charge in [0.2, 0.25) is 0 Å². The van der Waals surface area contributed by atoms with Gasteiger partial charge in [0.25, 0.3) is 0 Å². The van der Waals surface area contributed by atoms with Crippen LogP contribution in [0.3, 0.4) is 0 Å². The van der Waals surface area contributed by atoms with Crippen LogP contribution in [0.25, 0.3) is 21.8 Å². The van der Waals surface area contributed by atoms with Gasteiger partial charge in [-0.3, -0.25) is 0 Å². The quantitative estimate of drug-likeness (QED) is 0.453. The fourth-order valence-electron chi connectivity index (χ4n) is 3.96. The maximum atomic E-state index is 6.13. The Kier molecular flexibility index (Phi) is 3.75. The molecule has 0 saturated heterocycles. The molecule has 0 unspecified atom stereocenters. The number of halogens is 1. The first-order chi connectivity index (χ1) is 12.9. The molecule has 4 heteroatoms. The van der Waals surface area contributed by atoms with Crippen molar-refractivity contribution in [1.82, 2.24) is 4.57 Å². The zero-order chi connectivity index (χ0) is 17.5. The molecular weight excluding hydrogens is 346 g/mol. The van der Waals surface area contributed by atoms with Crippen molar-refractivity contribution in [3.8, 4) is 11.5 Å². The van der Waals surface area contributed by atoms with Crippen LogP contribution in [0, 0.1) is 0 Å². The van der Waals surface area contributed by atoms with E-state index in [1.807, 2.05) is 30.3 Å². The first-order valence-corrected chi connectivity index (χ1v) is 9.34. The minimum absolute atomic E-state index is 0.134. The van der Waals surface area contributed by atoms with E-state index in [4.69, 9.17) is 21.1 Å². The van der Waals surface area contributed by atoms with Crippen molar-refractivity contribution in [3.05, 3.63) is 72.3 Å². The Balaban J connectivity index is 1.84. The van der Waals surface area contributed by atoms with Gasteiger partial charge in [-0.15, -0.1) is 11.6 Å². The van der Waals surface area contributed by atoms with Gasteiger partial charge < -0.3 is 14.0 Å². The maximum absolute atomic E-state index is 6.13. The molecule has 1 aromatic heterocycles. The van der Waals surface area contributed by atoms with E-state index < -0.39 is 0 Å². The number of ether oxygens (including phenoxy) is 2. The smallest absolute Gasteiger partial charge is 0.143 e. The second-order valence-electron chi connectivity index (χ2n) is 6.45. The molecule has 0 fully saturated rings. The lowest BCUT2D eigenvalue weighted by Gasteiger charge is -2.27. The summed E-state index contributed by atoms with van der Waals surface area (Å²) in [5, 5.41) is 2.28. The third-order valence-corrected chi connectivity index (χ3v) is 5.15. The Labute approximate surface area is 156 Å². The zero-order valence-electron chi connectivity index (χ0n) is 14.2. The molecule has 130 valence electrons. The molecule has 5 rings (SSSR count). The van der Waals surface area contributed by atoms with Gasteiger partial charge in [0.1, 0.15) is 24.7 Å².